The number of halogens is 2. The lowest BCUT2D eigenvalue weighted by Crippen LogP contribution is -2.27. The van der Waals surface area contributed by atoms with E-state index in [-0.39, 0.29) is 11.7 Å². The number of rotatable bonds is 3. The summed E-state index contributed by atoms with van der Waals surface area (Å²) in [5, 5.41) is 2.77. The van der Waals surface area contributed by atoms with Crippen molar-refractivity contribution in [2.75, 3.05) is 6.54 Å². The van der Waals surface area contributed by atoms with Crippen LogP contribution in [-0.4, -0.2) is 12.5 Å². The molecule has 0 unspecified atom stereocenters. The molecule has 0 spiro atoms. The number of benzene rings is 1. The second-order valence-electron chi connectivity index (χ2n) is 3.73. The van der Waals surface area contributed by atoms with Gasteiger partial charge in [0, 0.05) is 11.0 Å². The molecule has 0 aliphatic rings. The second kappa shape index (κ2) is 5.26. The lowest BCUT2D eigenvalue weighted by molar-refractivity contribution is 0.0948. The van der Waals surface area contributed by atoms with E-state index in [1.165, 1.54) is 18.2 Å². The Kier molecular flexibility index (Phi) is 4.27. The molecular weight excluding hydrogens is 261 g/mol. The van der Waals surface area contributed by atoms with E-state index in [9.17, 15) is 9.18 Å². The molecule has 4 heteroatoms. The summed E-state index contributed by atoms with van der Waals surface area (Å²) in [6, 6.07) is 4.02. The van der Waals surface area contributed by atoms with Crippen LogP contribution in [0.25, 0.3) is 0 Å². The van der Waals surface area contributed by atoms with Gasteiger partial charge in [-0.15, -0.1) is 0 Å². The summed E-state index contributed by atoms with van der Waals surface area (Å²) in [6.45, 7) is 4.64. The normalized spacial score (nSPS) is 10.5. The number of amides is 1. The van der Waals surface area contributed by atoms with Gasteiger partial charge in [-0.2, -0.15) is 0 Å². The van der Waals surface area contributed by atoms with Gasteiger partial charge in [0.2, 0.25) is 0 Å². The summed E-state index contributed by atoms with van der Waals surface area (Å²) in [6.07, 6.45) is 0. The third-order valence-corrected chi connectivity index (χ3v) is 2.50. The Hall–Kier alpha value is -0.900. The second-order valence-corrected chi connectivity index (χ2v) is 4.58. The molecule has 0 radical (unpaired) electrons. The Balaban J connectivity index is 2.74. The number of nitrogens with one attached hydrogen (secondary N) is 1. The third-order valence-electron chi connectivity index (χ3n) is 1.85. The van der Waals surface area contributed by atoms with E-state index in [0.29, 0.717) is 22.5 Å². The van der Waals surface area contributed by atoms with Crippen LogP contribution < -0.4 is 5.32 Å². The van der Waals surface area contributed by atoms with Crippen molar-refractivity contribution in [2.45, 2.75) is 13.8 Å². The van der Waals surface area contributed by atoms with Gasteiger partial charge in [-0.1, -0.05) is 13.8 Å². The van der Waals surface area contributed by atoms with Gasteiger partial charge in [0.1, 0.15) is 5.82 Å². The van der Waals surface area contributed by atoms with Gasteiger partial charge in [0.05, 0.1) is 5.56 Å². The maximum atomic E-state index is 12.8. The highest BCUT2D eigenvalue weighted by Gasteiger charge is 2.10. The molecule has 1 rings (SSSR count). The number of carbonyl (C=O) groups excluding carboxylic acids is 1. The smallest absolute Gasteiger partial charge is 0.252 e. The zero-order valence-corrected chi connectivity index (χ0v) is 10.3. The number of hydrogen-bond acceptors (Lipinski definition) is 1. The van der Waals surface area contributed by atoms with Crippen LogP contribution in [0.1, 0.15) is 24.2 Å². The molecule has 0 bridgehead atoms. The largest absolute Gasteiger partial charge is 0.352 e. The van der Waals surface area contributed by atoms with Crippen molar-refractivity contribution in [2.24, 2.45) is 5.92 Å². The quantitative estimate of drug-likeness (QED) is 0.902. The van der Waals surface area contributed by atoms with Crippen LogP contribution >= 0.6 is 15.9 Å². The summed E-state index contributed by atoms with van der Waals surface area (Å²) in [4.78, 5) is 11.6. The standard InChI is InChI=1S/C11H13BrFNO/c1-7(2)6-14-11(15)9-4-3-8(13)5-10(9)12/h3-5,7H,6H2,1-2H3,(H,14,15). The van der Waals surface area contributed by atoms with Crippen LogP contribution in [0, 0.1) is 11.7 Å². The molecule has 2 nitrogen and oxygen atoms in total. The minimum absolute atomic E-state index is 0.185. The number of hydrogen-bond donors (Lipinski definition) is 1. The minimum atomic E-state index is -0.359. The summed E-state index contributed by atoms with van der Waals surface area (Å²) in [5.74, 6) is -0.147. The Morgan fingerprint density at radius 1 is 1.53 bits per heavy atom. The average Bonchev–Trinajstić information content (AvgIpc) is 2.14. The molecule has 82 valence electrons. The molecule has 1 amide bonds. The Bertz CT molecular complexity index is 366. The highest BCUT2D eigenvalue weighted by Crippen LogP contribution is 2.17. The summed E-state index contributed by atoms with van der Waals surface area (Å²) < 4.78 is 13.2. The van der Waals surface area contributed by atoms with E-state index in [4.69, 9.17) is 0 Å². The maximum Gasteiger partial charge on any atom is 0.252 e. The van der Waals surface area contributed by atoms with Crippen LogP contribution in [0.5, 0.6) is 0 Å². The Morgan fingerprint density at radius 3 is 2.73 bits per heavy atom. The first-order chi connectivity index (χ1) is 7.00. The molecule has 15 heavy (non-hydrogen) atoms. The molecule has 1 N–H and O–H groups in total. The monoisotopic (exact) mass is 273 g/mol. The Labute approximate surface area is 97.0 Å². The minimum Gasteiger partial charge on any atom is -0.352 e. The van der Waals surface area contributed by atoms with Crippen LogP contribution in [0.2, 0.25) is 0 Å². The third kappa shape index (κ3) is 3.63. The SMILES string of the molecule is CC(C)CNC(=O)c1ccc(F)cc1Br. The predicted octanol–water partition coefficient (Wildman–Crippen LogP) is 2.97. The molecule has 0 atom stereocenters. The predicted molar refractivity (Wildman–Crippen MR) is 61.3 cm³/mol. The summed E-state index contributed by atoms with van der Waals surface area (Å²) >= 11 is 3.15. The first-order valence-electron chi connectivity index (χ1n) is 4.74. The fraction of sp³-hybridized carbons (Fsp3) is 0.364. The lowest BCUT2D eigenvalue weighted by Gasteiger charge is -2.08. The van der Waals surface area contributed by atoms with Gasteiger partial charge in [0.25, 0.3) is 5.91 Å². The van der Waals surface area contributed by atoms with Crippen LogP contribution in [-0.2, 0) is 0 Å². The molecule has 0 aliphatic heterocycles. The maximum absolute atomic E-state index is 12.8. The molecule has 0 saturated heterocycles. The van der Waals surface area contributed by atoms with E-state index in [1.54, 1.807) is 0 Å². The highest BCUT2D eigenvalue weighted by atomic mass is 79.9. The van der Waals surface area contributed by atoms with Crippen molar-refractivity contribution < 1.29 is 9.18 Å². The van der Waals surface area contributed by atoms with Crippen molar-refractivity contribution in [3.8, 4) is 0 Å². The first-order valence-corrected chi connectivity index (χ1v) is 5.53. The zero-order chi connectivity index (χ0) is 11.4. The molecule has 1 aromatic carbocycles. The lowest BCUT2D eigenvalue weighted by atomic mass is 10.2. The van der Waals surface area contributed by atoms with Gasteiger partial charge >= 0.3 is 0 Å². The average molecular weight is 274 g/mol. The summed E-state index contributed by atoms with van der Waals surface area (Å²) in [7, 11) is 0. The van der Waals surface area contributed by atoms with E-state index in [0.717, 1.165) is 0 Å². The van der Waals surface area contributed by atoms with Crippen LogP contribution in [0.3, 0.4) is 0 Å². The van der Waals surface area contributed by atoms with E-state index in [1.807, 2.05) is 13.8 Å². The number of carbonyl (C=O) groups is 1. The van der Waals surface area contributed by atoms with Crippen molar-refractivity contribution in [3.05, 3.63) is 34.1 Å². The fourth-order valence-electron chi connectivity index (χ4n) is 1.07. The fourth-order valence-corrected chi connectivity index (χ4v) is 1.60. The van der Waals surface area contributed by atoms with Gasteiger partial charge < -0.3 is 5.32 Å². The summed E-state index contributed by atoms with van der Waals surface area (Å²) in [5.41, 5.74) is 0.456. The van der Waals surface area contributed by atoms with Crippen molar-refractivity contribution >= 4 is 21.8 Å². The van der Waals surface area contributed by atoms with Crippen molar-refractivity contribution in [3.63, 3.8) is 0 Å². The van der Waals surface area contributed by atoms with Crippen molar-refractivity contribution in [1.29, 1.82) is 0 Å². The molecule has 0 aromatic heterocycles. The first kappa shape index (κ1) is 12.2. The van der Waals surface area contributed by atoms with Gasteiger partial charge in [-0.3, -0.25) is 4.79 Å². The van der Waals surface area contributed by atoms with Crippen molar-refractivity contribution in [1.82, 2.24) is 5.32 Å². The molecule has 0 saturated carbocycles. The topological polar surface area (TPSA) is 29.1 Å². The zero-order valence-electron chi connectivity index (χ0n) is 8.68. The van der Waals surface area contributed by atoms with Crippen LogP contribution in [0.15, 0.2) is 22.7 Å². The molecule has 0 heterocycles. The van der Waals surface area contributed by atoms with Gasteiger partial charge in [-0.05, 0) is 40.0 Å². The Morgan fingerprint density at radius 2 is 2.20 bits per heavy atom. The van der Waals surface area contributed by atoms with Gasteiger partial charge in [0.15, 0.2) is 0 Å². The molecule has 0 aliphatic carbocycles. The highest BCUT2D eigenvalue weighted by molar-refractivity contribution is 9.10. The van der Waals surface area contributed by atoms with Gasteiger partial charge in [-0.25, -0.2) is 4.39 Å². The van der Waals surface area contributed by atoms with Crippen LogP contribution in [0.4, 0.5) is 4.39 Å². The molecular formula is C11H13BrFNO. The molecule has 1 aromatic rings. The van der Waals surface area contributed by atoms with E-state index < -0.39 is 0 Å². The van der Waals surface area contributed by atoms with E-state index in [2.05, 4.69) is 21.2 Å². The van der Waals surface area contributed by atoms with E-state index >= 15 is 0 Å². The molecule has 0 fully saturated rings.